The number of carbonyl (C=O) groups excluding carboxylic acids is 4. The van der Waals surface area contributed by atoms with Crippen LogP contribution in [0, 0.1) is 5.92 Å². The summed E-state index contributed by atoms with van der Waals surface area (Å²) in [5, 5.41) is 0. The fourth-order valence-electron chi connectivity index (χ4n) is 3.08. The lowest BCUT2D eigenvalue weighted by molar-refractivity contribution is -0.153. The minimum absolute atomic E-state index is 0.0420. The number of rotatable bonds is 16. The zero-order valence-corrected chi connectivity index (χ0v) is 19.7. The van der Waals surface area contributed by atoms with Gasteiger partial charge in [0.15, 0.2) is 0 Å². The maximum absolute atomic E-state index is 12.9. The highest BCUT2D eigenvalue weighted by molar-refractivity contribution is 5.99. The zero-order valence-electron chi connectivity index (χ0n) is 19.7. The molecule has 0 saturated carbocycles. The summed E-state index contributed by atoms with van der Waals surface area (Å²) < 4.78 is 20.0. The van der Waals surface area contributed by atoms with Crippen molar-refractivity contribution < 1.29 is 38.1 Å². The molecule has 0 fully saturated rings. The Bertz CT molecular complexity index is 785. The monoisotopic (exact) mass is 462 g/mol. The highest BCUT2D eigenvalue weighted by Gasteiger charge is 2.29. The molecule has 0 aliphatic rings. The lowest BCUT2D eigenvalue weighted by Crippen LogP contribution is -2.27. The van der Waals surface area contributed by atoms with Crippen molar-refractivity contribution in [1.29, 1.82) is 0 Å². The number of carbonyl (C=O) groups is 4. The third-order valence-electron chi connectivity index (χ3n) is 4.90. The van der Waals surface area contributed by atoms with E-state index < -0.39 is 17.9 Å². The van der Waals surface area contributed by atoms with Crippen LogP contribution in [0.5, 0.6) is 0 Å². The molecule has 0 saturated heterocycles. The Hall–Kier alpha value is -3.16. The fraction of sp³-hybridized carbons (Fsp3) is 0.520. The summed E-state index contributed by atoms with van der Waals surface area (Å²) in [7, 11) is 2.58. The van der Waals surface area contributed by atoms with Crippen LogP contribution in [0.3, 0.4) is 0 Å². The first-order valence-electron chi connectivity index (χ1n) is 11.1. The Morgan fingerprint density at radius 1 is 0.879 bits per heavy atom. The molecule has 1 aromatic carbocycles. The van der Waals surface area contributed by atoms with Crippen molar-refractivity contribution in [2.24, 2.45) is 5.92 Å². The molecule has 1 aromatic rings. The first-order chi connectivity index (χ1) is 15.9. The number of unbranched alkanes of at least 4 members (excludes halogenated alkanes) is 3. The Morgan fingerprint density at radius 2 is 1.55 bits per heavy atom. The van der Waals surface area contributed by atoms with Gasteiger partial charge in [0.1, 0.15) is 24.1 Å². The fourth-order valence-corrected chi connectivity index (χ4v) is 3.08. The topological polar surface area (TPSA) is 105 Å². The first kappa shape index (κ1) is 27.9. The van der Waals surface area contributed by atoms with Gasteiger partial charge in [-0.15, -0.1) is 0 Å². The van der Waals surface area contributed by atoms with Gasteiger partial charge < -0.3 is 18.9 Å². The van der Waals surface area contributed by atoms with E-state index in [0.717, 1.165) is 24.5 Å². The average molecular weight is 463 g/mol. The quantitative estimate of drug-likeness (QED) is 0.0909. The molecule has 0 aliphatic heterocycles. The second-order valence-electron chi connectivity index (χ2n) is 7.37. The predicted molar refractivity (Wildman–Crippen MR) is 121 cm³/mol. The van der Waals surface area contributed by atoms with Crippen molar-refractivity contribution in [2.75, 3.05) is 20.8 Å². The standard InChI is InChI=1S/C25H34O8/c1-4-32-23(27)15-11-6-5-10-14-22(26)21(16-20(30-2)17-24(28)31-3)25(29)33-18-19-12-8-7-9-13-19/h7-9,12-13,17,21H,4-6,10-11,14-16,18H2,1-3H3. The van der Waals surface area contributed by atoms with Crippen LogP contribution in [0.2, 0.25) is 0 Å². The minimum atomic E-state index is -1.09. The molecule has 0 amide bonds. The number of benzene rings is 1. The van der Waals surface area contributed by atoms with E-state index in [1.807, 2.05) is 30.3 Å². The molecule has 33 heavy (non-hydrogen) atoms. The largest absolute Gasteiger partial charge is 0.501 e. The third kappa shape index (κ3) is 11.9. The number of ether oxygens (including phenoxy) is 4. The van der Waals surface area contributed by atoms with Gasteiger partial charge in [-0.05, 0) is 25.3 Å². The molecule has 0 aromatic heterocycles. The van der Waals surface area contributed by atoms with Crippen molar-refractivity contribution >= 4 is 23.7 Å². The number of Topliss-reactive ketones (excluding diaryl/α,β-unsaturated/α-hetero) is 1. The van der Waals surface area contributed by atoms with Gasteiger partial charge >= 0.3 is 17.9 Å². The van der Waals surface area contributed by atoms with Crippen LogP contribution in [-0.4, -0.2) is 44.5 Å². The summed E-state index contributed by atoms with van der Waals surface area (Å²) in [5.41, 5.74) is 0.802. The Kier molecular flexibility index (Phi) is 13.9. The lowest BCUT2D eigenvalue weighted by Gasteiger charge is -2.16. The van der Waals surface area contributed by atoms with Crippen LogP contribution >= 0.6 is 0 Å². The summed E-state index contributed by atoms with van der Waals surface area (Å²) >= 11 is 0. The number of hydrogen-bond donors (Lipinski definition) is 0. The number of hydrogen-bond acceptors (Lipinski definition) is 8. The predicted octanol–water partition coefficient (Wildman–Crippen LogP) is 3.91. The van der Waals surface area contributed by atoms with Gasteiger partial charge in [-0.1, -0.05) is 43.2 Å². The SMILES string of the molecule is CCOC(=O)CCCCCCC(=O)C(CC(=CC(=O)OC)OC)C(=O)OCc1ccccc1. The van der Waals surface area contributed by atoms with Crippen LogP contribution in [0.25, 0.3) is 0 Å². The normalized spacial score (nSPS) is 11.9. The number of allylic oxidation sites excluding steroid dienone is 1. The van der Waals surface area contributed by atoms with Crippen LogP contribution in [0.1, 0.15) is 57.4 Å². The van der Waals surface area contributed by atoms with E-state index in [4.69, 9.17) is 14.2 Å². The number of ketones is 1. The number of methoxy groups -OCH3 is 2. The van der Waals surface area contributed by atoms with Gasteiger partial charge in [0.05, 0.1) is 26.9 Å². The molecule has 0 N–H and O–H groups in total. The molecule has 0 radical (unpaired) electrons. The van der Waals surface area contributed by atoms with E-state index in [-0.39, 0.29) is 37.0 Å². The van der Waals surface area contributed by atoms with Crippen molar-refractivity contribution in [3.05, 3.63) is 47.7 Å². The molecule has 1 atom stereocenters. The summed E-state index contributed by atoms with van der Waals surface area (Å²) in [5.74, 6) is -2.75. The molecular formula is C25H34O8. The molecular weight excluding hydrogens is 428 g/mol. The van der Waals surface area contributed by atoms with E-state index >= 15 is 0 Å². The van der Waals surface area contributed by atoms with Gasteiger partial charge in [-0.3, -0.25) is 14.4 Å². The van der Waals surface area contributed by atoms with E-state index in [1.165, 1.54) is 14.2 Å². The molecule has 0 spiro atoms. The van der Waals surface area contributed by atoms with Gasteiger partial charge in [-0.25, -0.2) is 4.79 Å². The number of esters is 3. The van der Waals surface area contributed by atoms with E-state index in [1.54, 1.807) is 6.92 Å². The van der Waals surface area contributed by atoms with Crippen molar-refractivity contribution in [2.45, 2.75) is 58.5 Å². The zero-order chi connectivity index (χ0) is 24.5. The second-order valence-corrected chi connectivity index (χ2v) is 7.37. The van der Waals surface area contributed by atoms with Crippen LogP contribution in [0.15, 0.2) is 42.2 Å². The minimum Gasteiger partial charge on any atom is -0.501 e. The average Bonchev–Trinajstić information content (AvgIpc) is 2.82. The summed E-state index contributed by atoms with van der Waals surface area (Å²) in [6.45, 7) is 2.17. The summed E-state index contributed by atoms with van der Waals surface area (Å²) in [6.07, 6.45) is 4.33. The summed E-state index contributed by atoms with van der Waals surface area (Å²) in [6, 6.07) is 9.15. The molecule has 0 bridgehead atoms. The molecule has 0 heterocycles. The molecule has 1 unspecified atom stereocenters. The Balaban J connectivity index is 2.68. The van der Waals surface area contributed by atoms with E-state index in [0.29, 0.717) is 25.9 Å². The van der Waals surface area contributed by atoms with Crippen LogP contribution in [0.4, 0.5) is 0 Å². The van der Waals surface area contributed by atoms with Gasteiger partial charge in [0.25, 0.3) is 0 Å². The van der Waals surface area contributed by atoms with Crippen LogP contribution < -0.4 is 0 Å². The van der Waals surface area contributed by atoms with Crippen molar-refractivity contribution in [3.8, 4) is 0 Å². The molecule has 8 nitrogen and oxygen atoms in total. The summed E-state index contributed by atoms with van der Waals surface area (Å²) in [4.78, 5) is 48.5. The molecule has 182 valence electrons. The van der Waals surface area contributed by atoms with Crippen LogP contribution in [-0.2, 0) is 44.7 Å². The third-order valence-corrected chi connectivity index (χ3v) is 4.90. The van der Waals surface area contributed by atoms with Crippen molar-refractivity contribution in [3.63, 3.8) is 0 Å². The smallest absolute Gasteiger partial charge is 0.333 e. The Morgan fingerprint density at radius 3 is 2.15 bits per heavy atom. The highest BCUT2D eigenvalue weighted by Crippen LogP contribution is 2.20. The lowest BCUT2D eigenvalue weighted by atomic mass is 9.94. The van der Waals surface area contributed by atoms with Gasteiger partial charge in [0, 0.05) is 19.3 Å². The van der Waals surface area contributed by atoms with E-state index in [9.17, 15) is 19.2 Å². The Labute approximate surface area is 195 Å². The van der Waals surface area contributed by atoms with E-state index in [2.05, 4.69) is 4.74 Å². The highest BCUT2D eigenvalue weighted by atomic mass is 16.5. The molecule has 0 aliphatic carbocycles. The maximum atomic E-state index is 12.9. The maximum Gasteiger partial charge on any atom is 0.333 e. The van der Waals surface area contributed by atoms with Crippen molar-refractivity contribution in [1.82, 2.24) is 0 Å². The van der Waals surface area contributed by atoms with Gasteiger partial charge in [-0.2, -0.15) is 0 Å². The second kappa shape index (κ2) is 16.5. The molecule has 8 heteroatoms. The van der Waals surface area contributed by atoms with Gasteiger partial charge in [0.2, 0.25) is 0 Å². The molecule has 1 rings (SSSR count). The first-order valence-corrected chi connectivity index (χ1v) is 11.1.